The predicted molar refractivity (Wildman–Crippen MR) is 125 cm³/mol. The molecule has 0 aromatic carbocycles. The zero-order chi connectivity index (χ0) is 22.7. The Bertz CT molecular complexity index is 1380. The number of hydrogen-bond donors (Lipinski definition) is 3. The summed E-state index contributed by atoms with van der Waals surface area (Å²) >= 11 is 7.97. The second-order valence-electron chi connectivity index (χ2n) is 8.59. The van der Waals surface area contributed by atoms with Crippen LogP contribution in [0, 0.1) is 5.92 Å². The lowest BCUT2D eigenvalue weighted by atomic mass is 9.87. The van der Waals surface area contributed by atoms with E-state index in [0.717, 1.165) is 33.5 Å². The number of aliphatic hydroxyl groups excluding tert-OH is 2. The Morgan fingerprint density at radius 3 is 2.91 bits per heavy atom. The molecular weight excluding hydrogens is 464 g/mol. The van der Waals surface area contributed by atoms with Crippen LogP contribution in [-0.2, 0) is 17.6 Å². The van der Waals surface area contributed by atoms with Crippen LogP contribution >= 0.6 is 22.9 Å². The molecule has 4 aromatic heterocycles. The number of fused-ring (bicyclic) bond motifs is 4. The zero-order valence-electron chi connectivity index (χ0n) is 17.5. The standard InChI is InChI=1S/C22H21ClN6O3S/c23-15-8-29-12(3-4-25-29)6-16(15)26-22-24-7-14-13-2-1-11(5-19(13)33-20(14)27-22)21(32)28-9-17(30)18(31)10-28/h3-4,6-8,11,17-18,30-31H,1-2,5,9-10H2,(H,24,26,27)/t11?,17-,18-/m0/s1. The van der Waals surface area contributed by atoms with Crippen molar-refractivity contribution >= 4 is 56.2 Å². The number of carbonyl (C=O) groups is 1. The van der Waals surface area contributed by atoms with E-state index in [1.165, 1.54) is 5.56 Å². The van der Waals surface area contributed by atoms with E-state index in [9.17, 15) is 15.0 Å². The summed E-state index contributed by atoms with van der Waals surface area (Å²) in [6, 6.07) is 3.78. The molecule has 4 aromatic rings. The maximum Gasteiger partial charge on any atom is 0.228 e. The number of nitrogens with zero attached hydrogens (tertiary/aromatic N) is 5. The van der Waals surface area contributed by atoms with E-state index in [4.69, 9.17) is 16.6 Å². The predicted octanol–water partition coefficient (Wildman–Crippen LogP) is 2.40. The van der Waals surface area contributed by atoms with Crippen molar-refractivity contribution in [1.82, 2.24) is 24.5 Å². The van der Waals surface area contributed by atoms with E-state index in [0.29, 0.717) is 23.1 Å². The molecule has 1 aliphatic heterocycles. The highest BCUT2D eigenvalue weighted by molar-refractivity contribution is 7.18. The number of aliphatic hydroxyl groups is 2. The molecule has 2 aliphatic rings. The molecule has 1 unspecified atom stereocenters. The number of thiophene rings is 1. The average Bonchev–Trinajstić information content (AvgIpc) is 3.49. The highest BCUT2D eigenvalue weighted by Gasteiger charge is 2.37. The molecule has 3 N–H and O–H groups in total. The first-order valence-corrected chi connectivity index (χ1v) is 12.0. The van der Waals surface area contributed by atoms with Crippen LogP contribution in [0.5, 0.6) is 0 Å². The van der Waals surface area contributed by atoms with Crippen molar-refractivity contribution < 1.29 is 15.0 Å². The number of pyridine rings is 1. The van der Waals surface area contributed by atoms with Gasteiger partial charge in [0.25, 0.3) is 0 Å². The highest BCUT2D eigenvalue weighted by Crippen LogP contribution is 2.38. The summed E-state index contributed by atoms with van der Waals surface area (Å²) in [5.74, 6) is 0.321. The molecule has 0 saturated carbocycles. The highest BCUT2D eigenvalue weighted by atomic mass is 35.5. The van der Waals surface area contributed by atoms with Gasteiger partial charge in [-0.05, 0) is 37.0 Å². The SMILES string of the molecule is O=C(C1CCc2c(sc3nc(Nc4cc5ccnn5cc4Cl)ncc23)C1)N1C[C@H](O)[C@@H](O)C1. The molecule has 9 nitrogen and oxygen atoms in total. The van der Waals surface area contributed by atoms with E-state index in [-0.39, 0.29) is 24.9 Å². The molecule has 1 saturated heterocycles. The number of nitrogens with one attached hydrogen (secondary N) is 1. The van der Waals surface area contributed by atoms with Gasteiger partial charge < -0.3 is 20.4 Å². The number of hydrogen-bond acceptors (Lipinski definition) is 8. The van der Waals surface area contributed by atoms with Gasteiger partial charge in [-0.3, -0.25) is 4.79 Å². The third-order valence-corrected chi connectivity index (χ3v) is 7.93. The monoisotopic (exact) mass is 484 g/mol. The van der Waals surface area contributed by atoms with Crippen LogP contribution in [0.4, 0.5) is 11.6 Å². The first-order chi connectivity index (χ1) is 16.0. The van der Waals surface area contributed by atoms with Crippen LogP contribution in [-0.4, -0.2) is 65.9 Å². The smallest absolute Gasteiger partial charge is 0.228 e. The second kappa shape index (κ2) is 7.91. The minimum absolute atomic E-state index is 0.00653. The minimum Gasteiger partial charge on any atom is -0.388 e. The average molecular weight is 485 g/mol. The van der Waals surface area contributed by atoms with Crippen LogP contribution in [0.25, 0.3) is 15.7 Å². The number of aromatic nitrogens is 4. The molecule has 5 heterocycles. The van der Waals surface area contributed by atoms with Crippen LogP contribution in [0.1, 0.15) is 16.9 Å². The zero-order valence-corrected chi connectivity index (χ0v) is 19.1. The van der Waals surface area contributed by atoms with E-state index < -0.39 is 12.2 Å². The van der Waals surface area contributed by atoms with Gasteiger partial charge in [-0.25, -0.2) is 14.5 Å². The fourth-order valence-electron chi connectivity index (χ4n) is 4.70. The Labute approximate surface area is 197 Å². The van der Waals surface area contributed by atoms with Crippen molar-refractivity contribution in [3.8, 4) is 0 Å². The fraction of sp³-hybridized carbons (Fsp3) is 0.364. The van der Waals surface area contributed by atoms with Crippen molar-refractivity contribution in [3.63, 3.8) is 0 Å². The minimum atomic E-state index is -0.859. The molecule has 6 rings (SSSR count). The first kappa shape index (κ1) is 20.8. The molecular formula is C22H21ClN6O3S. The maximum absolute atomic E-state index is 12.9. The molecule has 1 aliphatic carbocycles. The number of aryl methyl sites for hydroxylation is 1. The Morgan fingerprint density at radius 2 is 2.09 bits per heavy atom. The van der Waals surface area contributed by atoms with E-state index in [1.807, 2.05) is 18.3 Å². The molecule has 1 fully saturated rings. The van der Waals surface area contributed by atoms with Crippen molar-refractivity contribution in [2.24, 2.45) is 5.92 Å². The Hall–Kier alpha value is -2.79. The third-order valence-electron chi connectivity index (χ3n) is 6.46. The van der Waals surface area contributed by atoms with E-state index in [1.54, 1.807) is 33.1 Å². The van der Waals surface area contributed by atoms with Crippen LogP contribution < -0.4 is 5.32 Å². The molecule has 11 heteroatoms. The number of carbonyl (C=O) groups excluding carboxylic acids is 1. The summed E-state index contributed by atoms with van der Waals surface area (Å²) in [7, 11) is 0. The lowest BCUT2D eigenvalue weighted by Gasteiger charge is -2.26. The van der Waals surface area contributed by atoms with E-state index >= 15 is 0 Å². The van der Waals surface area contributed by atoms with Gasteiger partial charge in [-0.1, -0.05) is 11.6 Å². The number of β-amino-alcohol motifs (C(OH)–C–C–N with tert-alkyl or cyclic N) is 2. The van der Waals surface area contributed by atoms with Crippen molar-refractivity contribution in [2.45, 2.75) is 31.5 Å². The van der Waals surface area contributed by atoms with Crippen molar-refractivity contribution in [1.29, 1.82) is 0 Å². The number of likely N-dealkylation sites (tertiary alicyclic amines) is 1. The van der Waals surface area contributed by atoms with Gasteiger partial charge in [0.1, 0.15) is 4.83 Å². The summed E-state index contributed by atoms with van der Waals surface area (Å²) in [6.07, 6.45) is 5.72. The van der Waals surface area contributed by atoms with Crippen LogP contribution in [0.3, 0.4) is 0 Å². The summed E-state index contributed by atoms with van der Waals surface area (Å²) < 4.78 is 1.70. The van der Waals surface area contributed by atoms with Crippen LogP contribution in [0.15, 0.2) is 30.7 Å². The van der Waals surface area contributed by atoms with Gasteiger partial charge in [0.2, 0.25) is 11.9 Å². The molecule has 1 amide bonds. The Morgan fingerprint density at radius 1 is 1.27 bits per heavy atom. The summed E-state index contributed by atoms with van der Waals surface area (Å²) in [5.41, 5.74) is 2.82. The van der Waals surface area contributed by atoms with Gasteiger partial charge in [0.15, 0.2) is 0 Å². The molecule has 0 radical (unpaired) electrons. The van der Waals surface area contributed by atoms with Crippen LogP contribution in [0.2, 0.25) is 5.02 Å². The number of anilines is 2. The molecule has 170 valence electrons. The summed E-state index contributed by atoms with van der Waals surface area (Å²) in [4.78, 5) is 25.7. The first-order valence-electron chi connectivity index (χ1n) is 10.8. The summed E-state index contributed by atoms with van der Waals surface area (Å²) in [6.45, 7) is 0.397. The topological polar surface area (TPSA) is 116 Å². The number of amides is 1. The molecule has 0 bridgehead atoms. The lowest BCUT2D eigenvalue weighted by Crippen LogP contribution is -2.37. The molecule has 0 spiro atoms. The van der Waals surface area contributed by atoms with Gasteiger partial charge in [0, 0.05) is 47.9 Å². The van der Waals surface area contributed by atoms with Crippen molar-refractivity contribution in [3.05, 3.63) is 46.2 Å². The third kappa shape index (κ3) is 3.63. The Kier molecular flexibility index (Phi) is 4.98. The van der Waals surface area contributed by atoms with E-state index in [2.05, 4.69) is 15.4 Å². The number of halogens is 1. The van der Waals surface area contributed by atoms with Gasteiger partial charge in [0.05, 0.1) is 28.4 Å². The van der Waals surface area contributed by atoms with Gasteiger partial charge in [-0.2, -0.15) is 5.10 Å². The largest absolute Gasteiger partial charge is 0.388 e. The maximum atomic E-state index is 12.9. The van der Waals surface area contributed by atoms with Crippen molar-refractivity contribution in [2.75, 3.05) is 18.4 Å². The normalized spacial score (nSPS) is 22.8. The quantitative estimate of drug-likeness (QED) is 0.409. The summed E-state index contributed by atoms with van der Waals surface area (Å²) in [5, 5.41) is 28.5. The fourth-order valence-corrected chi connectivity index (χ4v) is 6.16. The van der Waals surface area contributed by atoms with Gasteiger partial charge >= 0.3 is 0 Å². The Balaban J connectivity index is 1.24. The lowest BCUT2D eigenvalue weighted by molar-refractivity contribution is -0.135. The molecule has 3 atom stereocenters. The van der Waals surface area contributed by atoms with Gasteiger partial charge in [-0.15, -0.1) is 11.3 Å². The second-order valence-corrected chi connectivity index (χ2v) is 10.1. The molecule has 33 heavy (non-hydrogen) atoms. The number of rotatable bonds is 3.